The van der Waals surface area contributed by atoms with Crippen LogP contribution in [-0.4, -0.2) is 23.8 Å². The van der Waals surface area contributed by atoms with Gasteiger partial charge in [0.2, 0.25) is 11.8 Å². The molecule has 25 heavy (non-hydrogen) atoms. The summed E-state index contributed by atoms with van der Waals surface area (Å²) in [7, 11) is 1.34. The number of aryl methyl sites for hydroxylation is 1. The van der Waals surface area contributed by atoms with Gasteiger partial charge in [0.25, 0.3) is 0 Å². The molecule has 0 saturated carbocycles. The van der Waals surface area contributed by atoms with Gasteiger partial charge in [0, 0.05) is 24.1 Å². The lowest BCUT2D eigenvalue weighted by Gasteiger charge is -2.07. The summed E-state index contributed by atoms with van der Waals surface area (Å²) in [5, 5.41) is 2.19. The van der Waals surface area contributed by atoms with E-state index in [1.165, 1.54) is 7.11 Å². The number of nitrogens with zero attached hydrogens (tertiary/aromatic N) is 1. The number of benzene rings is 1. The number of carbonyl (C=O) groups excluding carboxylic acids is 2. The third-order valence-corrected chi connectivity index (χ3v) is 4.61. The summed E-state index contributed by atoms with van der Waals surface area (Å²) in [4.78, 5) is 27.9. The van der Waals surface area contributed by atoms with Gasteiger partial charge < -0.3 is 9.72 Å². The first-order valence-corrected chi connectivity index (χ1v) is 8.15. The summed E-state index contributed by atoms with van der Waals surface area (Å²) in [5.74, 6) is -0.507. The molecular formula is C20H21N2O3+. The van der Waals surface area contributed by atoms with Crippen LogP contribution in [0.5, 0.6) is 0 Å². The van der Waals surface area contributed by atoms with E-state index >= 15 is 0 Å². The number of esters is 1. The average Bonchev–Trinajstić information content (AvgIpc) is 2.93. The molecule has 0 radical (unpaired) electrons. The summed E-state index contributed by atoms with van der Waals surface area (Å²) in [6.45, 7) is 5.38. The third-order valence-electron chi connectivity index (χ3n) is 4.61. The number of methoxy groups -OCH3 is 1. The van der Waals surface area contributed by atoms with Crippen LogP contribution in [0.4, 0.5) is 0 Å². The van der Waals surface area contributed by atoms with Crippen molar-refractivity contribution in [3.63, 3.8) is 0 Å². The van der Waals surface area contributed by atoms with Crippen molar-refractivity contribution in [1.82, 2.24) is 4.98 Å². The van der Waals surface area contributed by atoms with Gasteiger partial charge in [-0.05, 0) is 30.9 Å². The van der Waals surface area contributed by atoms with Gasteiger partial charge in [-0.25, -0.2) is 4.79 Å². The number of H-pyrrole nitrogens is 1. The van der Waals surface area contributed by atoms with Crippen LogP contribution in [0.2, 0.25) is 0 Å². The molecule has 0 spiro atoms. The molecule has 5 heteroatoms. The minimum Gasteiger partial charge on any atom is -0.465 e. The van der Waals surface area contributed by atoms with Gasteiger partial charge in [-0.1, -0.05) is 18.2 Å². The number of hydrogen-bond acceptors (Lipinski definition) is 3. The number of hydrogen-bond donors (Lipinski definition) is 1. The van der Waals surface area contributed by atoms with Crippen LogP contribution < -0.4 is 4.57 Å². The number of pyridine rings is 1. The molecule has 0 aliphatic carbocycles. The second-order valence-corrected chi connectivity index (χ2v) is 6.18. The lowest BCUT2D eigenvalue weighted by atomic mass is 10.0. The lowest BCUT2D eigenvalue weighted by Crippen LogP contribution is -2.42. The second kappa shape index (κ2) is 6.51. The van der Waals surface area contributed by atoms with Crippen molar-refractivity contribution in [1.29, 1.82) is 0 Å². The smallest absolute Gasteiger partial charge is 0.339 e. The van der Waals surface area contributed by atoms with E-state index in [1.807, 2.05) is 54.2 Å². The monoisotopic (exact) mass is 337 g/mol. The maximum atomic E-state index is 13.0. The molecule has 0 amide bonds. The Balaban J connectivity index is 1.98. The van der Waals surface area contributed by atoms with Crippen LogP contribution in [-0.2, 0) is 4.74 Å². The Morgan fingerprint density at radius 1 is 1.12 bits per heavy atom. The third kappa shape index (κ3) is 2.93. The van der Waals surface area contributed by atoms with E-state index in [2.05, 4.69) is 4.98 Å². The molecule has 0 saturated heterocycles. The molecular weight excluding hydrogens is 316 g/mol. The van der Waals surface area contributed by atoms with Crippen molar-refractivity contribution in [3.8, 4) is 0 Å². The van der Waals surface area contributed by atoms with Crippen molar-refractivity contribution < 1.29 is 18.9 Å². The summed E-state index contributed by atoms with van der Waals surface area (Å²) >= 11 is 0. The van der Waals surface area contributed by atoms with Crippen LogP contribution >= 0.6 is 0 Å². The first-order chi connectivity index (χ1) is 11.9. The number of aromatic amines is 1. The first-order valence-electron chi connectivity index (χ1n) is 8.15. The Hall–Kier alpha value is -2.95. The minimum atomic E-state index is -0.434. The Kier molecular flexibility index (Phi) is 4.40. The molecule has 0 unspecified atom stereocenters. The molecule has 128 valence electrons. The fourth-order valence-electron chi connectivity index (χ4n) is 3.14. The highest BCUT2D eigenvalue weighted by Gasteiger charge is 2.29. The van der Waals surface area contributed by atoms with Crippen molar-refractivity contribution >= 4 is 22.5 Å². The average molecular weight is 337 g/mol. The summed E-state index contributed by atoms with van der Waals surface area (Å²) in [5.41, 5.74) is 2.15. The van der Waals surface area contributed by atoms with E-state index in [4.69, 9.17) is 4.74 Å². The topological polar surface area (TPSA) is 63.0 Å². The van der Waals surface area contributed by atoms with Crippen LogP contribution in [0.25, 0.3) is 10.8 Å². The Bertz CT molecular complexity index is 972. The van der Waals surface area contributed by atoms with E-state index in [0.29, 0.717) is 22.5 Å². The molecule has 5 nitrogen and oxygen atoms in total. The highest BCUT2D eigenvalue weighted by molar-refractivity contribution is 6.02. The van der Waals surface area contributed by atoms with E-state index in [0.717, 1.165) is 10.8 Å². The lowest BCUT2D eigenvalue weighted by molar-refractivity contribution is -0.703. The fourth-order valence-corrected chi connectivity index (χ4v) is 3.14. The van der Waals surface area contributed by atoms with E-state index in [-0.39, 0.29) is 5.78 Å². The van der Waals surface area contributed by atoms with Crippen LogP contribution in [0.1, 0.15) is 45.1 Å². The summed E-state index contributed by atoms with van der Waals surface area (Å²) in [6.07, 6.45) is 3.86. The molecule has 3 rings (SSSR count). The zero-order valence-corrected chi connectivity index (χ0v) is 14.8. The number of fused-ring (bicyclic) bond motifs is 1. The molecule has 0 bridgehead atoms. The number of rotatable bonds is 4. The maximum absolute atomic E-state index is 13.0. The predicted octanol–water partition coefficient (Wildman–Crippen LogP) is 3.30. The van der Waals surface area contributed by atoms with Crippen molar-refractivity contribution in [2.24, 2.45) is 0 Å². The molecule has 1 aromatic carbocycles. The van der Waals surface area contributed by atoms with Gasteiger partial charge >= 0.3 is 5.97 Å². The number of carbonyl (C=O) groups is 2. The molecule has 0 fully saturated rings. The molecule has 1 atom stereocenters. The van der Waals surface area contributed by atoms with Crippen LogP contribution in [0, 0.1) is 13.8 Å². The minimum absolute atomic E-state index is 0.0731. The summed E-state index contributed by atoms with van der Waals surface area (Å²) in [6, 6.07) is 9.61. The largest absolute Gasteiger partial charge is 0.465 e. The van der Waals surface area contributed by atoms with Gasteiger partial charge in [-0.2, -0.15) is 4.57 Å². The highest BCUT2D eigenvalue weighted by Crippen LogP contribution is 2.22. The Morgan fingerprint density at radius 3 is 2.48 bits per heavy atom. The zero-order chi connectivity index (χ0) is 18.1. The first kappa shape index (κ1) is 16.9. The second-order valence-electron chi connectivity index (χ2n) is 6.18. The van der Waals surface area contributed by atoms with E-state index < -0.39 is 12.0 Å². The summed E-state index contributed by atoms with van der Waals surface area (Å²) < 4.78 is 6.70. The SMILES string of the molecule is COC(=O)c1c(C)[nH]c(C(=O)[C@H](C)[n+]2ccc3ccccc3c2)c1C. The van der Waals surface area contributed by atoms with Gasteiger partial charge in [-0.3, -0.25) is 4.79 Å². The quantitative estimate of drug-likeness (QED) is 0.451. The number of ether oxygens (including phenoxy) is 1. The molecule has 3 aromatic rings. The Labute approximate surface area is 146 Å². The van der Waals surface area contributed by atoms with Crippen molar-refractivity contribution in [2.45, 2.75) is 26.8 Å². The van der Waals surface area contributed by atoms with Gasteiger partial charge in [0.15, 0.2) is 12.4 Å². The number of ketones is 1. The molecule has 0 aliphatic heterocycles. The zero-order valence-electron chi connectivity index (χ0n) is 14.8. The highest BCUT2D eigenvalue weighted by atomic mass is 16.5. The van der Waals surface area contributed by atoms with Gasteiger partial charge in [-0.15, -0.1) is 0 Å². The standard InChI is InChI=1S/C20H20N2O3/c1-12-17(20(24)25-4)13(2)21-18(12)19(23)14(3)22-10-9-15-7-5-6-8-16(15)11-22/h5-11,14H,1-4H3/p+1/t14-/m0/s1. The molecule has 1 N–H and O–H groups in total. The predicted molar refractivity (Wildman–Crippen MR) is 94.8 cm³/mol. The number of nitrogens with one attached hydrogen (secondary N) is 1. The van der Waals surface area contributed by atoms with Gasteiger partial charge in [0.1, 0.15) is 0 Å². The maximum Gasteiger partial charge on any atom is 0.339 e. The van der Waals surface area contributed by atoms with Crippen LogP contribution in [0.15, 0.2) is 42.7 Å². The Morgan fingerprint density at radius 2 is 1.80 bits per heavy atom. The number of aromatic nitrogens is 2. The van der Waals surface area contributed by atoms with E-state index in [1.54, 1.807) is 13.8 Å². The fraction of sp³-hybridized carbons (Fsp3) is 0.250. The molecule has 0 aliphatic rings. The molecule has 2 aromatic heterocycles. The van der Waals surface area contributed by atoms with Crippen molar-refractivity contribution in [3.05, 3.63) is 65.2 Å². The van der Waals surface area contributed by atoms with Gasteiger partial charge in [0.05, 0.1) is 18.4 Å². The molecule has 2 heterocycles. The normalized spacial score (nSPS) is 12.2. The van der Waals surface area contributed by atoms with E-state index in [9.17, 15) is 9.59 Å². The number of Topliss-reactive ketones (excluding diaryl/α,β-unsaturated/α-hetero) is 1. The van der Waals surface area contributed by atoms with Crippen molar-refractivity contribution in [2.75, 3.05) is 7.11 Å². The van der Waals surface area contributed by atoms with Crippen LogP contribution in [0.3, 0.4) is 0 Å².